The maximum atomic E-state index is 6.41. The smallest absolute Gasteiger partial charge is 0.149 e. The molecule has 4 heteroatoms. The normalized spacial score (nSPS) is 10.7. The van der Waals surface area contributed by atoms with Crippen LogP contribution in [0.25, 0.3) is 11.1 Å². The summed E-state index contributed by atoms with van der Waals surface area (Å²) in [6, 6.07) is 17.6. The van der Waals surface area contributed by atoms with Gasteiger partial charge in [0.05, 0.1) is 10.0 Å². The first kappa shape index (κ1) is 16.7. The van der Waals surface area contributed by atoms with Gasteiger partial charge in [0.25, 0.3) is 0 Å². The van der Waals surface area contributed by atoms with Crippen molar-refractivity contribution in [2.45, 2.75) is 13.8 Å². The van der Waals surface area contributed by atoms with E-state index in [-0.39, 0.29) is 0 Å². The Balaban J connectivity index is 1.97. The number of ether oxygens (including phenoxy) is 1. The van der Waals surface area contributed by atoms with Gasteiger partial charge >= 0.3 is 0 Å². The molecule has 2 N–H and O–H groups in total. The van der Waals surface area contributed by atoms with Crippen molar-refractivity contribution in [3.05, 3.63) is 75.8 Å². The minimum atomic E-state index is 0.510. The van der Waals surface area contributed by atoms with Crippen molar-refractivity contribution in [1.82, 2.24) is 0 Å². The summed E-state index contributed by atoms with van der Waals surface area (Å²) < 4.78 is 5.98. The van der Waals surface area contributed by atoms with Gasteiger partial charge in [-0.1, -0.05) is 59.6 Å². The molecule has 3 rings (SSSR count). The molecule has 3 aromatic carbocycles. The lowest BCUT2D eigenvalue weighted by atomic mass is 10.1. The summed E-state index contributed by atoms with van der Waals surface area (Å²) in [7, 11) is 0. The molecule has 0 fully saturated rings. The third-order valence-corrected chi connectivity index (χ3v) is 4.69. The maximum absolute atomic E-state index is 6.41. The number of hydrogen-bond acceptors (Lipinski definition) is 2. The summed E-state index contributed by atoms with van der Waals surface area (Å²) in [5, 5.41) is 1.04. The van der Waals surface area contributed by atoms with Crippen molar-refractivity contribution in [2.24, 2.45) is 0 Å². The van der Waals surface area contributed by atoms with E-state index in [4.69, 9.17) is 33.7 Å². The summed E-state index contributed by atoms with van der Waals surface area (Å²) in [5.74, 6) is 1.14. The van der Waals surface area contributed by atoms with Crippen LogP contribution in [0.2, 0.25) is 10.0 Å². The van der Waals surface area contributed by atoms with Crippen LogP contribution in [0.5, 0.6) is 11.5 Å². The van der Waals surface area contributed by atoms with Gasteiger partial charge in [0.2, 0.25) is 0 Å². The van der Waals surface area contributed by atoms with Crippen LogP contribution in [-0.4, -0.2) is 0 Å². The van der Waals surface area contributed by atoms with E-state index >= 15 is 0 Å². The van der Waals surface area contributed by atoms with Crippen LogP contribution >= 0.6 is 23.2 Å². The fraction of sp³-hybridized carbons (Fsp3) is 0.100. The zero-order valence-corrected chi connectivity index (χ0v) is 14.9. The molecule has 0 aromatic heterocycles. The van der Waals surface area contributed by atoms with Gasteiger partial charge in [-0.05, 0) is 54.3 Å². The van der Waals surface area contributed by atoms with E-state index in [9.17, 15) is 0 Å². The lowest BCUT2D eigenvalue weighted by Crippen LogP contribution is -1.96. The van der Waals surface area contributed by atoms with E-state index in [1.165, 1.54) is 0 Å². The second-order valence-corrected chi connectivity index (χ2v) is 6.45. The highest BCUT2D eigenvalue weighted by molar-refractivity contribution is 6.33. The number of nitrogens with two attached hydrogens (primary N) is 1. The Hall–Kier alpha value is -2.16. The topological polar surface area (TPSA) is 35.2 Å². The number of nitrogen functional groups attached to an aromatic ring is 1. The van der Waals surface area contributed by atoms with Gasteiger partial charge in [0.1, 0.15) is 11.5 Å². The zero-order chi connectivity index (χ0) is 17.3. The van der Waals surface area contributed by atoms with Crippen LogP contribution in [-0.2, 0) is 0 Å². The molecule has 122 valence electrons. The van der Waals surface area contributed by atoms with Crippen molar-refractivity contribution in [3.8, 4) is 22.6 Å². The average molecular weight is 358 g/mol. The molecule has 2 nitrogen and oxygen atoms in total. The van der Waals surface area contributed by atoms with Crippen LogP contribution in [0, 0.1) is 13.8 Å². The van der Waals surface area contributed by atoms with E-state index in [1.54, 1.807) is 0 Å². The summed E-state index contributed by atoms with van der Waals surface area (Å²) in [6.45, 7) is 3.77. The van der Waals surface area contributed by atoms with E-state index in [2.05, 4.69) is 0 Å². The van der Waals surface area contributed by atoms with Crippen LogP contribution in [0.4, 0.5) is 5.69 Å². The lowest BCUT2D eigenvalue weighted by molar-refractivity contribution is 0.479. The number of aryl methyl sites for hydroxylation is 1. The number of halogens is 2. The molecule has 0 unspecified atom stereocenters. The highest BCUT2D eigenvalue weighted by Crippen LogP contribution is 2.40. The minimum absolute atomic E-state index is 0.510. The van der Waals surface area contributed by atoms with E-state index in [0.29, 0.717) is 27.2 Å². The Kier molecular flexibility index (Phi) is 4.70. The van der Waals surface area contributed by atoms with Crippen molar-refractivity contribution in [2.75, 3.05) is 5.73 Å². The molecule has 0 saturated heterocycles. The molecule has 0 aliphatic heterocycles. The number of rotatable bonds is 3. The summed E-state index contributed by atoms with van der Waals surface area (Å²) in [5.41, 5.74) is 10.4. The molecule has 0 radical (unpaired) electrons. The van der Waals surface area contributed by atoms with Gasteiger partial charge < -0.3 is 10.5 Å². The highest BCUT2D eigenvalue weighted by atomic mass is 35.5. The fourth-order valence-corrected chi connectivity index (χ4v) is 3.02. The van der Waals surface area contributed by atoms with Gasteiger partial charge in [-0.3, -0.25) is 0 Å². The van der Waals surface area contributed by atoms with Gasteiger partial charge in [0, 0.05) is 5.69 Å². The monoisotopic (exact) mass is 357 g/mol. The van der Waals surface area contributed by atoms with Crippen LogP contribution in [0.1, 0.15) is 11.1 Å². The molecule has 24 heavy (non-hydrogen) atoms. The van der Waals surface area contributed by atoms with Gasteiger partial charge in [-0.25, -0.2) is 0 Å². The molecule has 0 bridgehead atoms. The molecular weight excluding hydrogens is 341 g/mol. The number of anilines is 1. The zero-order valence-electron chi connectivity index (χ0n) is 13.4. The molecular formula is C20H17Cl2NO. The van der Waals surface area contributed by atoms with E-state index < -0.39 is 0 Å². The Morgan fingerprint density at radius 2 is 1.58 bits per heavy atom. The lowest BCUT2D eigenvalue weighted by Gasteiger charge is -2.15. The fourth-order valence-electron chi connectivity index (χ4n) is 2.51. The van der Waals surface area contributed by atoms with Crippen molar-refractivity contribution in [1.29, 1.82) is 0 Å². The first-order valence-corrected chi connectivity index (χ1v) is 8.31. The summed E-state index contributed by atoms with van der Waals surface area (Å²) in [4.78, 5) is 0. The maximum Gasteiger partial charge on any atom is 0.149 e. The van der Waals surface area contributed by atoms with Crippen LogP contribution in [0.15, 0.2) is 54.6 Å². The largest absolute Gasteiger partial charge is 0.454 e. The molecule has 0 amide bonds. The highest BCUT2D eigenvalue weighted by Gasteiger charge is 2.14. The summed E-state index contributed by atoms with van der Waals surface area (Å²) >= 11 is 12.8. The average Bonchev–Trinajstić information content (AvgIpc) is 2.58. The van der Waals surface area contributed by atoms with Crippen molar-refractivity contribution >= 4 is 28.9 Å². The van der Waals surface area contributed by atoms with E-state index in [1.807, 2.05) is 68.4 Å². The number of benzene rings is 3. The Labute approximate surface area is 151 Å². The number of hydrogen-bond donors (Lipinski definition) is 1. The summed E-state index contributed by atoms with van der Waals surface area (Å²) in [6.07, 6.45) is 0. The van der Waals surface area contributed by atoms with Crippen molar-refractivity contribution in [3.63, 3.8) is 0 Å². The van der Waals surface area contributed by atoms with Crippen LogP contribution in [0.3, 0.4) is 0 Å². The molecule has 0 aliphatic rings. The second-order valence-electron chi connectivity index (χ2n) is 5.66. The molecule has 0 aliphatic carbocycles. The quantitative estimate of drug-likeness (QED) is 0.532. The predicted octanol–water partition coefficient (Wildman–Crippen LogP) is 6.65. The molecule has 0 heterocycles. The first-order chi connectivity index (χ1) is 11.5. The van der Waals surface area contributed by atoms with Gasteiger partial charge in [-0.2, -0.15) is 0 Å². The molecule has 3 aromatic rings. The Morgan fingerprint density at radius 3 is 2.25 bits per heavy atom. The minimum Gasteiger partial charge on any atom is -0.454 e. The van der Waals surface area contributed by atoms with Gasteiger partial charge in [0.15, 0.2) is 0 Å². The third kappa shape index (κ3) is 3.21. The SMILES string of the molecule is Cc1cc(N)c(C)c(Cl)c1Oc1ccc(-c2ccccc2)cc1Cl. The Morgan fingerprint density at radius 1 is 0.875 bits per heavy atom. The second kappa shape index (κ2) is 6.76. The van der Waals surface area contributed by atoms with Gasteiger partial charge in [-0.15, -0.1) is 0 Å². The molecule has 0 spiro atoms. The first-order valence-electron chi connectivity index (χ1n) is 7.55. The third-order valence-electron chi connectivity index (χ3n) is 3.94. The predicted molar refractivity (Wildman–Crippen MR) is 102 cm³/mol. The molecule has 0 atom stereocenters. The molecule has 0 saturated carbocycles. The van der Waals surface area contributed by atoms with Crippen molar-refractivity contribution < 1.29 is 4.74 Å². The van der Waals surface area contributed by atoms with Crippen LogP contribution < -0.4 is 10.5 Å². The standard InChI is InChI=1S/C20H17Cl2NO/c1-12-10-17(23)13(2)19(22)20(12)24-18-9-8-15(11-16(18)21)14-6-4-3-5-7-14/h3-11H,23H2,1-2H3. The Bertz CT molecular complexity index is 892. The van der Waals surface area contributed by atoms with E-state index in [0.717, 1.165) is 22.3 Å².